The molecule has 2 unspecified atom stereocenters. The number of nitrogens with one attached hydrogen (secondary N) is 1. The summed E-state index contributed by atoms with van der Waals surface area (Å²) in [4.78, 5) is 0. The van der Waals surface area contributed by atoms with Crippen LogP contribution >= 0.6 is 0 Å². The molecule has 0 bridgehead atoms. The quantitative estimate of drug-likeness (QED) is 0.800. The van der Waals surface area contributed by atoms with Gasteiger partial charge < -0.3 is 10.1 Å². The van der Waals surface area contributed by atoms with Crippen LogP contribution in [0.4, 0.5) is 0 Å². The topological polar surface area (TPSA) is 21.3 Å². The summed E-state index contributed by atoms with van der Waals surface area (Å²) >= 11 is 0. The first-order valence-electron chi connectivity index (χ1n) is 7.54. The van der Waals surface area contributed by atoms with E-state index in [2.05, 4.69) is 36.5 Å². The van der Waals surface area contributed by atoms with Gasteiger partial charge in [0.15, 0.2) is 0 Å². The first kappa shape index (κ1) is 14.5. The molecule has 2 atom stereocenters. The van der Waals surface area contributed by atoms with Gasteiger partial charge in [0.25, 0.3) is 0 Å². The molecule has 0 radical (unpaired) electrons. The lowest BCUT2D eigenvalue weighted by molar-refractivity contribution is 0.106. The van der Waals surface area contributed by atoms with E-state index in [4.69, 9.17) is 4.74 Å². The van der Waals surface area contributed by atoms with Gasteiger partial charge in [-0.1, -0.05) is 30.7 Å². The van der Waals surface area contributed by atoms with Crippen molar-refractivity contribution in [1.82, 2.24) is 5.32 Å². The van der Waals surface area contributed by atoms with E-state index in [1.807, 2.05) is 7.05 Å². The standard InChI is InChI=1S/C17H27NO/c1-13(19-3)7-12-17(18-2)16-10-8-15(9-11-16)14-5-4-6-14/h8-11,13-14,17-18H,4-7,12H2,1-3H3. The zero-order valence-corrected chi connectivity index (χ0v) is 12.5. The highest BCUT2D eigenvalue weighted by Gasteiger charge is 2.19. The maximum absolute atomic E-state index is 5.33. The van der Waals surface area contributed by atoms with Crippen LogP contribution in [-0.2, 0) is 4.74 Å². The Bertz CT molecular complexity index is 369. The molecule has 106 valence electrons. The fourth-order valence-corrected chi connectivity index (χ4v) is 2.74. The predicted molar refractivity (Wildman–Crippen MR) is 80.5 cm³/mol. The molecule has 1 fully saturated rings. The first-order chi connectivity index (χ1) is 9.24. The number of ether oxygens (including phenoxy) is 1. The highest BCUT2D eigenvalue weighted by molar-refractivity contribution is 5.28. The van der Waals surface area contributed by atoms with Gasteiger partial charge in [0.1, 0.15) is 0 Å². The minimum Gasteiger partial charge on any atom is -0.382 e. The number of methoxy groups -OCH3 is 1. The van der Waals surface area contributed by atoms with Crippen molar-refractivity contribution in [3.63, 3.8) is 0 Å². The van der Waals surface area contributed by atoms with E-state index in [1.165, 1.54) is 30.4 Å². The summed E-state index contributed by atoms with van der Waals surface area (Å²) < 4.78 is 5.33. The summed E-state index contributed by atoms with van der Waals surface area (Å²) in [5.41, 5.74) is 2.92. The molecule has 1 aromatic rings. The van der Waals surface area contributed by atoms with E-state index in [0.717, 1.165) is 18.8 Å². The predicted octanol–water partition coefficient (Wildman–Crippen LogP) is 4.03. The van der Waals surface area contributed by atoms with Crippen LogP contribution in [0, 0.1) is 0 Å². The van der Waals surface area contributed by atoms with Crippen molar-refractivity contribution in [2.45, 2.75) is 57.1 Å². The number of hydrogen-bond donors (Lipinski definition) is 1. The Morgan fingerprint density at radius 1 is 1.21 bits per heavy atom. The van der Waals surface area contributed by atoms with Gasteiger partial charge in [-0.3, -0.25) is 0 Å². The van der Waals surface area contributed by atoms with Gasteiger partial charge in [0.2, 0.25) is 0 Å². The summed E-state index contributed by atoms with van der Waals surface area (Å²) in [6.07, 6.45) is 6.70. The lowest BCUT2D eigenvalue weighted by atomic mass is 9.80. The zero-order chi connectivity index (χ0) is 13.7. The smallest absolute Gasteiger partial charge is 0.0543 e. The van der Waals surface area contributed by atoms with Gasteiger partial charge in [-0.2, -0.15) is 0 Å². The molecule has 1 aromatic carbocycles. The van der Waals surface area contributed by atoms with Crippen LogP contribution in [-0.4, -0.2) is 20.3 Å². The summed E-state index contributed by atoms with van der Waals surface area (Å²) in [6, 6.07) is 9.68. The molecule has 19 heavy (non-hydrogen) atoms. The molecular formula is C17H27NO. The molecule has 2 rings (SSSR count). The average molecular weight is 261 g/mol. The molecular weight excluding hydrogens is 234 g/mol. The largest absolute Gasteiger partial charge is 0.382 e. The van der Waals surface area contributed by atoms with Crippen LogP contribution in [0.1, 0.15) is 62.1 Å². The highest BCUT2D eigenvalue weighted by Crippen LogP contribution is 2.36. The fraction of sp³-hybridized carbons (Fsp3) is 0.647. The van der Waals surface area contributed by atoms with Crippen LogP contribution in [0.2, 0.25) is 0 Å². The van der Waals surface area contributed by atoms with E-state index in [1.54, 1.807) is 7.11 Å². The van der Waals surface area contributed by atoms with Crippen molar-refractivity contribution in [2.75, 3.05) is 14.2 Å². The lowest BCUT2D eigenvalue weighted by Crippen LogP contribution is -2.19. The molecule has 0 heterocycles. The SMILES string of the molecule is CNC(CCC(C)OC)c1ccc(C2CCC2)cc1. The van der Waals surface area contributed by atoms with Gasteiger partial charge in [0, 0.05) is 13.2 Å². The molecule has 0 saturated heterocycles. The lowest BCUT2D eigenvalue weighted by Gasteiger charge is -2.26. The van der Waals surface area contributed by atoms with Crippen molar-refractivity contribution in [2.24, 2.45) is 0 Å². The Morgan fingerprint density at radius 3 is 2.37 bits per heavy atom. The van der Waals surface area contributed by atoms with Crippen molar-refractivity contribution in [1.29, 1.82) is 0 Å². The van der Waals surface area contributed by atoms with Crippen LogP contribution < -0.4 is 5.32 Å². The van der Waals surface area contributed by atoms with Crippen LogP contribution in [0.25, 0.3) is 0 Å². The third kappa shape index (κ3) is 3.80. The molecule has 0 aliphatic heterocycles. The summed E-state index contributed by atoms with van der Waals surface area (Å²) in [5.74, 6) is 0.829. The van der Waals surface area contributed by atoms with E-state index < -0.39 is 0 Å². The van der Waals surface area contributed by atoms with E-state index >= 15 is 0 Å². The molecule has 1 aliphatic rings. The molecule has 1 saturated carbocycles. The van der Waals surface area contributed by atoms with Gasteiger partial charge >= 0.3 is 0 Å². The summed E-state index contributed by atoms with van der Waals surface area (Å²) in [7, 11) is 3.83. The van der Waals surface area contributed by atoms with Crippen LogP contribution in [0.15, 0.2) is 24.3 Å². The second-order valence-electron chi connectivity index (χ2n) is 5.76. The van der Waals surface area contributed by atoms with Crippen molar-refractivity contribution < 1.29 is 4.74 Å². The fourth-order valence-electron chi connectivity index (χ4n) is 2.74. The van der Waals surface area contributed by atoms with Crippen molar-refractivity contribution >= 4 is 0 Å². The van der Waals surface area contributed by atoms with E-state index in [9.17, 15) is 0 Å². The summed E-state index contributed by atoms with van der Waals surface area (Å²) in [5, 5.41) is 3.42. The summed E-state index contributed by atoms with van der Waals surface area (Å²) in [6.45, 7) is 2.13. The van der Waals surface area contributed by atoms with Crippen molar-refractivity contribution in [3.05, 3.63) is 35.4 Å². The van der Waals surface area contributed by atoms with Gasteiger partial charge in [0.05, 0.1) is 6.10 Å². The second-order valence-corrected chi connectivity index (χ2v) is 5.76. The van der Waals surface area contributed by atoms with Crippen molar-refractivity contribution in [3.8, 4) is 0 Å². The monoisotopic (exact) mass is 261 g/mol. The Balaban J connectivity index is 1.93. The van der Waals surface area contributed by atoms with Crippen LogP contribution in [0.5, 0.6) is 0 Å². The minimum absolute atomic E-state index is 0.338. The molecule has 2 heteroatoms. The Kier molecular flexibility index (Phi) is 5.41. The molecule has 1 aliphatic carbocycles. The second kappa shape index (κ2) is 7.06. The molecule has 2 nitrogen and oxygen atoms in total. The van der Waals surface area contributed by atoms with Crippen LogP contribution in [0.3, 0.4) is 0 Å². The zero-order valence-electron chi connectivity index (χ0n) is 12.5. The minimum atomic E-state index is 0.338. The number of hydrogen-bond acceptors (Lipinski definition) is 2. The number of benzene rings is 1. The molecule has 0 amide bonds. The normalized spacial score (nSPS) is 18.9. The maximum Gasteiger partial charge on any atom is 0.0543 e. The van der Waals surface area contributed by atoms with Gasteiger partial charge in [-0.25, -0.2) is 0 Å². The van der Waals surface area contributed by atoms with E-state index in [0.29, 0.717) is 12.1 Å². The van der Waals surface area contributed by atoms with Gasteiger partial charge in [-0.05, 0) is 56.7 Å². The Hall–Kier alpha value is -0.860. The van der Waals surface area contributed by atoms with Gasteiger partial charge in [-0.15, -0.1) is 0 Å². The Morgan fingerprint density at radius 2 is 1.89 bits per heavy atom. The maximum atomic E-state index is 5.33. The third-order valence-electron chi connectivity index (χ3n) is 4.53. The Labute approximate surface area is 117 Å². The highest BCUT2D eigenvalue weighted by atomic mass is 16.5. The molecule has 0 spiro atoms. The van der Waals surface area contributed by atoms with E-state index in [-0.39, 0.29) is 0 Å². The average Bonchev–Trinajstić information content (AvgIpc) is 2.39. The number of rotatable bonds is 7. The molecule has 1 N–H and O–H groups in total. The third-order valence-corrected chi connectivity index (χ3v) is 4.53. The first-order valence-corrected chi connectivity index (χ1v) is 7.54. The molecule has 0 aromatic heterocycles.